The molecule has 0 spiro atoms. The van der Waals surface area contributed by atoms with Crippen molar-refractivity contribution >= 4 is 5.91 Å². The van der Waals surface area contributed by atoms with Crippen LogP contribution in [0.1, 0.15) is 32.3 Å². The van der Waals surface area contributed by atoms with Crippen molar-refractivity contribution in [3.8, 4) is 0 Å². The molecule has 0 aliphatic carbocycles. The second-order valence-corrected chi connectivity index (χ2v) is 4.37. The monoisotopic (exact) mass is 235 g/mol. The second kappa shape index (κ2) is 6.40. The lowest BCUT2D eigenvalue weighted by molar-refractivity contribution is -0.130. The first-order valence-electron chi connectivity index (χ1n) is 5.94. The summed E-state index contributed by atoms with van der Waals surface area (Å²) in [5, 5.41) is 2.96. The van der Waals surface area contributed by atoms with Crippen LogP contribution in [0.2, 0.25) is 0 Å². The van der Waals surface area contributed by atoms with Gasteiger partial charge in [-0.15, -0.1) is 0 Å². The maximum Gasteiger partial charge on any atom is 0.249 e. The van der Waals surface area contributed by atoms with E-state index in [0.717, 1.165) is 0 Å². The lowest BCUT2D eigenvalue weighted by Crippen LogP contribution is -2.41. The standard InChI is InChI=1S/C14H21NO2/c1-10(13-8-6-5-7-9-13)11(2)15-14(16)12(3)17-4/h5-12H,1-4H3,(H,15,16). The maximum atomic E-state index is 11.7. The van der Waals surface area contributed by atoms with Gasteiger partial charge in [-0.25, -0.2) is 0 Å². The van der Waals surface area contributed by atoms with Crippen LogP contribution in [-0.2, 0) is 9.53 Å². The van der Waals surface area contributed by atoms with Gasteiger partial charge in [0, 0.05) is 19.1 Å². The topological polar surface area (TPSA) is 38.3 Å². The summed E-state index contributed by atoms with van der Waals surface area (Å²) in [6, 6.07) is 10.3. The molecule has 1 amide bonds. The van der Waals surface area contributed by atoms with E-state index in [4.69, 9.17) is 4.74 Å². The van der Waals surface area contributed by atoms with Gasteiger partial charge < -0.3 is 10.1 Å². The number of hydrogen-bond acceptors (Lipinski definition) is 2. The molecule has 17 heavy (non-hydrogen) atoms. The Labute approximate surface area is 103 Å². The van der Waals surface area contributed by atoms with E-state index in [1.807, 2.05) is 25.1 Å². The van der Waals surface area contributed by atoms with Crippen LogP contribution in [0.15, 0.2) is 30.3 Å². The van der Waals surface area contributed by atoms with Crippen molar-refractivity contribution in [2.24, 2.45) is 0 Å². The number of methoxy groups -OCH3 is 1. The summed E-state index contributed by atoms with van der Waals surface area (Å²) in [4.78, 5) is 11.7. The Morgan fingerprint density at radius 1 is 1.18 bits per heavy atom. The molecule has 0 aliphatic rings. The van der Waals surface area contributed by atoms with E-state index in [1.165, 1.54) is 12.7 Å². The van der Waals surface area contributed by atoms with E-state index in [9.17, 15) is 4.79 Å². The number of amides is 1. The molecule has 1 aromatic rings. The Kier molecular flexibility index (Phi) is 5.16. The van der Waals surface area contributed by atoms with Crippen LogP contribution < -0.4 is 5.32 Å². The van der Waals surface area contributed by atoms with Gasteiger partial charge in [-0.2, -0.15) is 0 Å². The largest absolute Gasteiger partial charge is 0.372 e. The van der Waals surface area contributed by atoms with E-state index >= 15 is 0 Å². The Morgan fingerprint density at radius 3 is 2.29 bits per heavy atom. The fourth-order valence-electron chi connectivity index (χ4n) is 1.62. The van der Waals surface area contributed by atoms with Crippen molar-refractivity contribution in [2.75, 3.05) is 7.11 Å². The van der Waals surface area contributed by atoms with E-state index in [1.54, 1.807) is 6.92 Å². The van der Waals surface area contributed by atoms with Crippen molar-refractivity contribution in [3.05, 3.63) is 35.9 Å². The Morgan fingerprint density at radius 2 is 1.76 bits per heavy atom. The zero-order valence-corrected chi connectivity index (χ0v) is 10.9. The van der Waals surface area contributed by atoms with Crippen LogP contribution in [0.3, 0.4) is 0 Å². The van der Waals surface area contributed by atoms with E-state index in [0.29, 0.717) is 0 Å². The van der Waals surface area contributed by atoms with Gasteiger partial charge in [0.25, 0.3) is 0 Å². The minimum atomic E-state index is -0.402. The first-order chi connectivity index (χ1) is 8.06. The van der Waals surface area contributed by atoms with Crippen LogP contribution >= 0.6 is 0 Å². The highest BCUT2D eigenvalue weighted by Gasteiger charge is 2.19. The number of carbonyl (C=O) groups excluding carboxylic acids is 1. The van der Waals surface area contributed by atoms with Crippen molar-refractivity contribution in [1.82, 2.24) is 5.32 Å². The number of carbonyl (C=O) groups is 1. The molecule has 1 aromatic carbocycles. The predicted molar refractivity (Wildman–Crippen MR) is 68.9 cm³/mol. The smallest absolute Gasteiger partial charge is 0.249 e. The molecule has 1 N–H and O–H groups in total. The number of benzene rings is 1. The molecule has 3 nitrogen and oxygen atoms in total. The molecule has 0 aromatic heterocycles. The van der Waals surface area contributed by atoms with Crippen LogP contribution in [0.5, 0.6) is 0 Å². The molecule has 0 saturated heterocycles. The first-order valence-corrected chi connectivity index (χ1v) is 5.94. The van der Waals surface area contributed by atoms with Gasteiger partial charge in [0.1, 0.15) is 6.10 Å². The van der Waals surface area contributed by atoms with Crippen LogP contribution in [0.4, 0.5) is 0 Å². The SMILES string of the molecule is COC(C)C(=O)NC(C)C(C)c1ccccc1. The van der Waals surface area contributed by atoms with Crippen molar-refractivity contribution in [3.63, 3.8) is 0 Å². The molecule has 0 fully saturated rings. The van der Waals surface area contributed by atoms with Gasteiger partial charge in [-0.1, -0.05) is 37.3 Å². The summed E-state index contributed by atoms with van der Waals surface area (Å²) >= 11 is 0. The van der Waals surface area contributed by atoms with Gasteiger partial charge in [-0.05, 0) is 19.4 Å². The third-order valence-electron chi connectivity index (χ3n) is 3.17. The van der Waals surface area contributed by atoms with Gasteiger partial charge >= 0.3 is 0 Å². The van der Waals surface area contributed by atoms with Crippen LogP contribution in [0, 0.1) is 0 Å². The van der Waals surface area contributed by atoms with Crippen molar-refractivity contribution in [1.29, 1.82) is 0 Å². The molecular weight excluding hydrogens is 214 g/mol. The first kappa shape index (κ1) is 13.7. The summed E-state index contributed by atoms with van der Waals surface area (Å²) in [6.07, 6.45) is -0.402. The van der Waals surface area contributed by atoms with E-state index in [2.05, 4.69) is 24.4 Å². The summed E-state index contributed by atoms with van der Waals surface area (Å²) in [5.41, 5.74) is 1.23. The molecule has 3 heteroatoms. The molecular formula is C14H21NO2. The highest BCUT2D eigenvalue weighted by molar-refractivity contribution is 5.80. The lowest BCUT2D eigenvalue weighted by atomic mass is 9.94. The summed E-state index contributed by atoms with van der Waals surface area (Å²) < 4.78 is 4.99. The normalized spacial score (nSPS) is 16.0. The van der Waals surface area contributed by atoms with E-state index in [-0.39, 0.29) is 17.9 Å². The summed E-state index contributed by atoms with van der Waals surface area (Å²) in [6.45, 7) is 5.87. The van der Waals surface area contributed by atoms with Crippen LogP contribution in [0.25, 0.3) is 0 Å². The molecule has 0 saturated carbocycles. The molecule has 0 radical (unpaired) electrons. The second-order valence-electron chi connectivity index (χ2n) is 4.37. The molecule has 3 atom stereocenters. The van der Waals surface area contributed by atoms with E-state index < -0.39 is 6.10 Å². The van der Waals surface area contributed by atoms with Crippen LogP contribution in [-0.4, -0.2) is 25.2 Å². The quantitative estimate of drug-likeness (QED) is 0.850. The minimum absolute atomic E-state index is 0.0669. The molecule has 0 bridgehead atoms. The number of ether oxygens (including phenoxy) is 1. The summed E-state index contributed by atoms with van der Waals surface area (Å²) in [7, 11) is 1.54. The predicted octanol–water partition coefficient (Wildman–Crippen LogP) is 2.33. The fourth-order valence-corrected chi connectivity index (χ4v) is 1.62. The average Bonchev–Trinajstić information content (AvgIpc) is 2.37. The number of rotatable bonds is 5. The molecule has 0 heterocycles. The number of hydrogen-bond donors (Lipinski definition) is 1. The highest BCUT2D eigenvalue weighted by atomic mass is 16.5. The number of nitrogens with one attached hydrogen (secondary N) is 1. The molecule has 3 unspecified atom stereocenters. The average molecular weight is 235 g/mol. The Balaban J connectivity index is 2.59. The van der Waals surface area contributed by atoms with Gasteiger partial charge in [0.2, 0.25) is 5.91 Å². The third-order valence-corrected chi connectivity index (χ3v) is 3.17. The highest BCUT2D eigenvalue weighted by Crippen LogP contribution is 2.18. The van der Waals surface area contributed by atoms with Gasteiger partial charge in [0.05, 0.1) is 0 Å². The summed E-state index contributed by atoms with van der Waals surface area (Å²) in [5.74, 6) is 0.215. The minimum Gasteiger partial charge on any atom is -0.372 e. The lowest BCUT2D eigenvalue weighted by Gasteiger charge is -2.23. The van der Waals surface area contributed by atoms with Gasteiger partial charge in [-0.3, -0.25) is 4.79 Å². The molecule has 1 rings (SSSR count). The molecule has 0 aliphatic heterocycles. The zero-order chi connectivity index (χ0) is 12.8. The zero-order valence-electron chi connectivity index (χ0n) is 10.9. The van der Waals surface area contributed by atoms with Crippen molar-refractivity contribution in [2.45, 2.75) is 38.8 Å². The third kappa shape index (κ3) is 3.86. The van der Waals surface area contributed by atoms with Gasteiger partial charge in [0.15, 0.2) is 0 Å². The maximum absolute atomic E-state index is 11.7. The molecule has 94 valence electrons. The Bertz CT molecular complexity index is 350. The fraction of sp³-hybridized carbons (Fsp3) is 0.500. The van der Waals surface area contributed by atoms with Crippen molar-refractivity contribution < 1.29 is 9.53 Å². The Hall–Kier alpha value is -1.35.